The maximum absolute atomic E-state index is 12.7. The van der Waals surface area contributed by atoms with Gasteiger partial charge >= 0.3 is 5.97 Å². The summed E-state index contributed by atoms with van der Waals surface area (Å²) < 4.78 is 32.6. The fourth-order valence-electron chi connectivity index (χ4n) is 2.86. The van der Waals surface area contributed by atoms with E-state index in [1.807, 2.05) is 18.2 Å². The minimum absolute atomic E-state index is 0. The van der Waals surface area contributed by atoms with Crippen molar-refractivity contribution in [2.75, 3.05) is 7.11 Å². The fraction of sp³-hybridized carbons (Fsp3) is 0.278. The van der Waals surface area contributed by atoms with Crippen LogP contribution in [0.15, 0.2) is 41.3 Å². The second-order valence-electron chi connectivity index (χ2n) is 6.02. The molecule has 2 N–H and O–H groups in total. The van der Waals surface area contributed by atoms with Crippen LogP contribution in [0.1, 0.15) is 32.6 Å². The highest BCUT2D eigenvalue weighted by Gasteiger charge is 2.23. The molecule has 0 fully saturated rings. The van der Waals surface area contributed by atoms with Crippen LogP contribution in [0.5, 0.6) is 0 Å². The van der Waals surface area contributed by atoms with Gasteiger partial charge in [-0.3, -0.25) is 0 Å². The summed E-state index contributed by atoms with van der Waals surface area (Å²) in [6.45, 7) is 3.58. The first-order valence-corrected chi connectivity index (χ1v) is 9.39. The molecule has 1 aliphatic heterocycles. The predicted octanol–water partition coefficient (Wildman–Crippen LogP) is 2.29. The van der Waals surface area contributed by atoms with Crippen molar-refractivity contribution in [2.45, 2.75) is 31.5 Å². The van der Waals surface area contributed by atoms with E-state index in [1.165, 1.54) is 30.4 Å². The van der Waals surface area contributed by atoms with Gasteiger partial charge in [0.1, 0.15) is 0 Å². The van der Waals surface area contributed by atoms with Crippen LogP contribution in [0, 0.1) is 6.92 Å². The Hall–Kier alpha value is -1.93. The van der Waals surface area contributed by atoms with Gasteiger partial charge in [-0.25, -0.2) is 17.9 Å². The molecule has 0 spiro atoms. The molecule has 0 saturated heterocycles. The molecule has 140 valence electrons. The molecule has 1 aliphatic rings. The number of benzene rings is 2. The molecule has 26 heavy (non-hydrogen) atoms. The Kier molecular flexibility index (Phi) is 6.41. The topological polar surface area (TPSA) is 84.5 Å². The van der Waals surface area contributed by atoms with Gasteiger partial charge in [0.2, 0.25) is 10.0 Å². The van der Waals surface area contributed by atoms with Gasteiger partial charge in [0.25, 0.3) is 0 Å². The highest BCUT2D eigenvalue weighted by atomic mass is 35.5. The SMILES string of the molecule is COC(=O)c1cc(C)ccc1S(=O)(=O)NCc1ccc2c(c1)CNC2.Cl. The average Bonchev–Trinajstić information content (AvgIpc) is 3.06. The van der Waals surface area contributed by atoms with Crippen LogP contribution in [0.4, 0.5) is 0 Å². The van der Waals surface area contributed by atoms with Crippen LogP contribution in [0.3, 0.4) is 0 Å². The molecule has 0 aromatic heterocycles. The van der Waals surface area contributed by atoms with Crippen LogP contribution in [0.25, 0.3) is 0 Å². The molecule has 1 heterocycles. The van der Waals surface area contributed by atoms with E-state index in [4.69, 9.17) is 4.74 Å². The van der Waals surface area contributed by atoms with Crippen LogP contribution < -0.4 is 10.0 Å². The van der Waals surface area contributed by atoms with Crippen molar-refractivity contribution in [1.82, 2.24) is 10.0 Å². The molecule has 0 amide bonds. The quantitative estimate of drug-likeness (QED) is 0.757. The molecular formula is C18H21ClN2O4S. The lowest BCUT2D eigenvalue weighted by Crippen LogP contribution is -2.25. The van der Waals surface area contributed by atoms with E-state index in [1.54, 1.807) is 13.0 Å². The number of esters is 1. The number of fused-ring (bicyclic) bond motifs is 1. The Morgan fingerprint density at radius 1 is 1.15 bits per heavy atom. The molecule has 3 rings (SSSR count). The summed E-state index contributed by atoms with van der Waals surface area (Å²) in [7, 11) is -2.61. The van der Waals surface area contributed by atoms with Crippen LogP contribution in [0.2, 0.25) is 0 Å². The largest absolute Gasteiger partial charge is 0.465 e. The Bertz CT molecular complexity index is 929. The zero-order valence-corrected chi connectivity index (χ0v) is 16.2. The van der Waals surface area contributed by atoms with Gasteiger partial charge < -0.3 is 10.1 Å². The molecule has 6 nitrogen and oxygen atoms in total. The third-order valence-corrected chi connectivity index (χ3v) is 5.66. The minimum Gasteiger partial charge on any atom is -0.465 e. The first kappa shape index (κ1) is 20.4. The number of rotatable bonds is 5. The van der Waals surface area contributed by atoms with Crippen molar-refractivity contribution < 1.29 is 17.9 Å². The molecule has 2 aromatic rings. The number of methoxy groups -OCH3 is 1. The van der Waals surface area contributed by atoms with Crippen LogP contribution >= 0.6 is 12.4 Å². The molecule has 8 heteroatoms. The predicted molar refractivity (Wildman–Crippen MR) is 101 cm³/mol. The summed E-state index contributed by atoms with van der Waals surface area (Å²) in [4.78, 5) is 11.8. The van der Waals surface area contributed by atoms with Gasteiger partial charge in [-0.2, -0.15) is 0 Å². The molecule has 0 radical (unpaired) electrons. The van der Waals surface area contributed by atoms with Gasteiger partial charge in [0.15, 0.2) is 0 Å². The molecule has 0 aliphatic carbocycles. The standard InChI is InChI=1S/C18H20N2O4S.ClH/c1-12-3-6-17(16(7-12)18(21)24-2)25(22,23)20-9-13-4-5-14-10-19-11-15(14)8-13;/h3-8,19-20H,9-11H2,1-2H3;1H. The number of carbonyl (C=O) groups is 1. The molecule has 0 saturated carbocycles. The van der Waals surface area contributed by atoms with Gasteiger partial charge in [-0.05, 0) is 35.7 Å². The molecule has 0 bridgehead atoms. The first-order valence-electron chi connectivity index (χ1n) is 7.91. The number of hydrogen-bond donors (Lipinski definition) is 2. The van der Waals surface area contributed by atoms with Gasteiger partial charge in [0.05, 0.1) is 17.6 Å². The fourth-order valence-corrected chi connectivity index (χ4v) is 4.05. The normalized spacial score (nSPS) is 13.0. The van der Waals surface area contributed by atoms with Crippen molar-refractivity contribution >= 4 is 28.4 Å². The van der Waals surface area contributed by atoms with E-state index < -0.39 is 16.0 Å². The van der Waals surface area contributed by atoms with Crippen molar-refractivity contribution in [3.05, 3.63) is 64.2 Å². The summed E-state index contributed by atoms with van der Waals surface area (Å²) in [6.07, 6.45) is 0. The summed E-state index contributed by atoms with van der Waals surface area (Å²) >= 11 is 0. The average molecular weight is 397 g/mol. The summed E-state index contributed by atoms with van der Waals surface area (Å²) in [6, 6.07) is 10.5. The lowest BCUT2D eigenvalue weighted by Gasteiger charge is -2.12. The van der Waals surface area contributed by atoms with Crippen molar-refractivity contribution in [2.24, 2.45) is 0 Å². The van der Waals surface area contributed by atoms with E-state index in [9.17, 15) is 13.2 Å². The number of ether oxygens (including phenoxy) is 1. The van der Waals surface area contributed by atoms with E-state index in [0.29, 0.717) is 0 Å². The second-order valence-corrected chi connectivity index (χ2v) is 7.76. The molecule has 0 atom stereocenters. The molecular weight excluding hydrogens is 376 g/mol. The van der Waals surface area contributed by atoms with Crippen molar-refractivity contribution in [1.29, 1.82) is 0 Å². The minimum atomic E-state index is -3.84. The smallest absolute Gasteiger partial charge is 0.339 e. The number of aryl methyl sites for hydroxylation is 1. The van der Waals surface area contributed by atoms with Gasteiger partial charge in [-0.15, -0.1) is 12.4 Å². The monoisotopic (exact) mass is 396 g/mol. The summed E-state index contributed by atoms with van der Waals surface area (Å²) in [5.74, 6) is -0.673. The highest BCUT2D eigenvalue weighted by molar-refractivity contribution is 7.89. The number of halogens is 1. The van der Waals surface area contributed by atoms with E-state index in [0.717, 1.165) is 24.2 Å². The third kappa shape index (κ3) is 4.24. The summed E-state index contributed by atoms with van der Waals surface area (Å²) in [5.41, 5.74) is 4.11. The van der Waals surface area contributed by atoms with E-state index in [2.05, 4.69) is 10.0 Å². The number of sulfonamides is 1. The van der Waals surface area contributed by atoms with Gasteiger partial charge in [0, 0.05) is 19.6 Å². The molecule has 2 aromatic carbocycles. The Balaban J connectivity index is 0.00000243. The Labute approximate surface area is 159 Å². The van der Waals surface area contributed by atoms with E-state index in [-0.39, 0.29) is 29.4 Å². The molecule has 0 unspecified atom stereocenters. The second kappa shape index (κ2) is 8.18. The zero-order chi connectivity index (χ0) is 18.0. The first-order chi connectivity index (χ1) is 11.9. The van der Waals surface area contributed by atoms with E-state index >= 15 is 0 Å². The number of carbonyl (C=O) groups excluding carboxylic acids is 1. The number of hydrogen-bond acceptors (Lipinski definition) is 5. The Morgan fingerprint density at radius 2 is 1.88 bits per heavy atom. The maximum Gasteiger partial charge on any atom is 0.339 e. The highest BCUT2D eigenvalue weighted by Crippen LogP contribution is 2.20. The lowest BCUT2D eigenvalue weighted by atomic mass is 10.1. The van der Waals surface area contributed by atoms with Crippen molar-refractivity contribution in [3.63, 3.8) is 0 Å². The van der Waals surface area contributed by atoms with Crippen LogP contribution in [-0.2, 0) is 34.4 Å². The van der Waals surface area contributed by atoms with Gasteiger partial charge in [-0.1, -0.05) is 29.8 Å². The third-order valence-electron chi connectivity index (χ3n) is 4.20. The zero-order valence-electron chi connectivity index (χ0n) is 14.5. The van der Waals surface area contributed by atoms with Crippen LogP contribution in [-0.4, -0.2) is 21.5 Å². The lowest BCUT2D eigenvalue weighted by molar-refractivity contribution is 0.0596. The Morgan fingerprint density at radius 3 is 2.62 bits per heavy atom. The number of nitrogens with one attached hydrogen (secondary N) is 2. The van der Waals surface area contributed by atoms with Crippen molar-refractivity contribution in [3.8, 4) is 0 Å². The maximum atomic E-state index is 12.7. The summed E-state index contributed by atoms with van der Waals surface area (Å²) in [5, 5.41) is 3.25.